The molecule has 2 aromatic heterocycles. The molecule has 0 unspecified atom stereocenters. The average molecular weight is 124 g/mol. The molecule has 0 atom stereocenters. The summed E-state index contributed by atoms with van der Waals surface area (Å²) in [6.07, 6.45) is 1.51. The standard InChI is InChI=1S/C4H4N4O/c9-4-7-2-3(8-4)6-1-5-2/h1H,(H,5,6)(H2,7,8,9). The van der Waals surface area contributed by atoms with Crippen LogP contribution in [0.4, 0.5) is 0 Å². The van der Waals surface area contributed by atoms with Crippen LogP contribution in [0, 0.1) is 0 Å². The van der Waals surface area contributed by atoms with Gasteiger partial charge in [-0.2, -0.15) is 0 Å². The predicted octanol–water partition coefficient (Wildman–Crippen LogP) is -0.421. The quantitative estimate of drug-likeness (QED) is 0.446. The van der Waals surface area contributed by atoms with E-state index in [0.717, 1.165) is 0 Å². The van der Waals surface area contributed by atoms with Crippen molar-refractivity contribution in [2.75, 3.05) is 0 Å². The number of rotatable bonds is 0. The Labute approximate surface area is 49.1 Å². The smallest absolute Gasteiger partial charge is 0.326 e. The first kappa shape index (κ1) is 4.37. The molecule has 5 heteroatoms. The van der Waals surface area contributed by atoms with Crippen LogP contribution in [0.3, 0.4) is 0 Å². The van der Waals surface area contributed by atoms with Crippen molar-refractivity contribution in [3.63, 3.8) is 0 Å². The van der Waals surface area contributed by atoms with Crippen molar-refractivity contribution in [3.05, 3.63) is 16.8 Å². The normalized spacial score (nSPS) is 10.7. The second kappa shape index (κ2) is 1.25. The first-order valence-corrected chi connectivity index (χ1v) is 2.47. The maximum atomic E-state index is 10.5. The third kappa shape index (κ3) is 0.479. The van der Waals surface area contributed by atoms with Crippen molar-refractivity contribution in [1.29, 1.82) is 0 Å². The molecule has 0 spiro atoms. The summed E-state index contributed by atoms with van der Waals surface area (Å²) in [7, 11) is 0. The van der Waals surface area contributed by atoms with E-state index in [9.17, 15) is 4.79 Å². The number of nitrogens with one attached hydrogen (secondary N) is 3. The zero-order chi connectivity index (χ0) is 6.27. The van der Waals surface area contributed by atoms with Gasteiger partial charge in [0, 0.05) is 0 Å². The van der Waals surface area contributed by atoms with E-state index >= 15 is 0 Å². The molecule has 0 aliphatic carbocycles. The summed E-state index contributed by atoms with van der Waals surface area (Å²) in [6, 6.07) is 0. The minimum absolute atomic E-state index is 0.232. The van der Waals surface area contributed by atoms with Gasteiger partial charge < -0.3 is 4.98 Å². The Bertz CT molecular complexity index is 335. The fraction of sp³-hybridized carbons (Fsp3) is 0. The van der Waals surface area contributed by atoms with E-state index in [2.05, 4.69) is 19.9 Å². The van der Waals surface area contributed by atoms with Crippen molar-refractivity contribution in [1.82, 2.24) is 19.9 Å². The van der Waals surface area contributed by atoms with Gasteiger partial charge in [0.2, 0.25) is 0 Å². The van der Waals surface area contributed by atoms with E-state index in [0.29, 0.717) is 11.3 Å². The zero-order valence-corrected chi connectivity index (χ0v) is 4.43. The molecule has 2 heterocycles. The summed E-state index contributed by atoms with van der Waals surface area (Å²) in [5, 5.41) is 0. The molecule has 5 nitrogen and oxygen atoms in total. The Morgan fingerprint density at radius 1 is 1.44 bits per heavy atom. The lowest BCUT2D eigenvalue weighted by atomic mass is 10.8. The Morgan fingerprint density at radius 2 is 2.33 bits per heavy atom. The molecule has 0 bridgehead atoms. The van der Waals surface area contributed by atoms with Gasteiger partial charge in [0.25, 0.3) is 0 Å². The van der Waals surface area contributed by atoms with Gasteiger partial charge in [0.05, 0.1) is 6.33 Å². The van der Waals surface area contributed by atoms with Crippen LogP contribution in [0.1, 0.15) is 0 Å². The number of H-pyrrole nitrogens is 3. The lowest BCUT2D eigenvalue weighted by Crippen LogP contribution is -2.00. The van der Waals surface area contributed by atoms with Crippen molar-refractivity contribution in [2.45, 2.75) is 0 Å². The van der Waals surface area contributed by atoms with Crippen LogP contribution in [0.25, 0.3) is 11.3 Å². The molecule has 0 amide bonds. The van der Waals surface area contributed by atoms with Crippen LogP contribution in [-0.4, -0.2) is 19.9 Å². The van der Waals surface area contributed by atoms with E-state index in [-0.39, 0.29) is 5.69 Å². The molecular formula is C4H4N4O. The third-order valence-electron chi connectivity index (χ3n) is 1.11. The Morgan fingerprint density at radius 3 is 3.11 bits per heavy atom. The number of hydrogen-bond acceptors (Lipinski definition) is 2. The lowest BCUT2D eigenvalue weighted by molar-refractivity contribution is 1.16. The zero-order valence-electron chi connectivity index (χ0n) is 4.43. The fourth-order valence-electron chi connectivity index (χ4n) is 0.737. The summed E-state index contributed by atoms with van der Waals surface area (Å²) < 4.78 is 0. The summed E-state index contributed by atoms with van der Waals surface area (Å²) in [5.74, 6) is 0. The topological polar surface area (TPSA) is 77.3 Å². The summed E-state index contributed by atoms with van der Waals surface area (Å²) in [6.45, 7) is 0. The van der Waals surface area contributed by atoms with E-state index in [1.807, 2.05) is 0 Å². The monoisotopic (exact) mass is 124 g/mol. The van der Waals surface area contributed by atoms with E-state index < -0.39 is 0 Å². The van der Waals surface area contributed by atoms with Crippen molar-refractivity contribution >= 4 is 11.3 Å². The highest BCUT2D eigenvalue weighted by Crippen LogP contribution is 1.94. The first-order valence-electron chi connectivity index (χ1n) is 2.47. The van der Waals surface area contributed by atoms with Crippen LogP contribution >= 0.6 is 0 Å². The lowest BCUT2D eigenvalue weighted by Gasteiger charge is -1.64. The molecule has 0 fully saturated rings. The molecule has 2 aromatic rings. The summed E-state index contributed by atoms with van der Waals surface area (Å²) in [4.78, 5) is 22.0. The van der Waals surface area contributed by atoms with E-state index in [4.69, 9.17) is 0 Å². The first-order chi connectivity index (χ1) is 4.36. The Balaban J connectivity index is 3.08. The molecular weight excluding hydrogens is 120 g/mol. The number of imidazole rings is 2. The maximum absolute atomic E-state index is 10.5. The van der Waals surface area contributed by atoms with E-state index in [1.54, 1.807) is 0 Å². The number of nitrogens with zero attached hydrogens (tertiary/aromatic N) is 1. The van der Waals surface area contributed by atoms with Crippen LogP contribution in [0.5, 0.6) is 0 Å². The van der Waals surface area contributed by atoms with E-state index in [1.165, 1.54) is 6.33 Å². The molecule has 46 valence electrons. The van der Waals surface area contributed by atoms with Crippen molar-refractivity contribution in [3.8, 4) is 0 Å². The molecule has 0 radical (unpaired) electrons. The van der Waals surface area contributed by atoms with Crippen molar-refractivity contribution in [2.24, 2.45) is 0 Å². The largest absolute Gasteiger partial charge is 0.329 e. The molecule has 0 aliphatic heterocycles. The van der Waals surface area contributed by atoms with Crippen LogP contribution < -0.4 is 5.69 Å². The van der Waals surface area contributed by atoms with Crippen molar-refractivity contribution < 1.29 is 0 Å². The van der Waals surface area contributed by atoms with Crippen LogP contribution in [0.2, 0.25) is 0 Å². The van der Waals surface area contributed by atoms with Gasteiger partial charge in [-0.3, -0.25) is 9.97 Å². The van der Waals surface area contributed by atoms with Gasteiger partial charge in [-0.05, 0) is 0 Å². The molecule has 0 aromatic carbocycles. The molecule has 3 N–H and O–H groups in total. The Kier molecular flexibility index (Phi) is 0.606. The number of hydrogen-bond donors (Lipinski definition) is 3. The third-order valence-corrected chi connectivity index (χ3v) is 1.11. The number of aromatic nitrogens is 4. The predicted molar refractivity (Wildman–Crippen MR) is 31.1 cm³/mol. The molecule has 9 heavy (non-hydrogen) atoms. The SMILES string of the molecule is O=c1[nH]c2nc[nH]c2[nH]1. The van der Waals surface area contributed by atoms with Gasteiger partial charge in [-0.25, -0.2) is 9.78 Å². The summed E-state index contributed by atoms with van der Waals surface area (Å²) in [5.41, 5.74) is 0.976. The highest BCUT2D eigenvalue weighted by atomic mass is 16.1. The van der Waals surface area contributed by atoms with Gasteiger partial charge in [0.1, 0.15) is 0 Å². The van der Waals surface area contributed by atoms with Gasteiger partial charge in [-0.1, -0.05) is 0 Å². The van der Waals surface area contributed by atoms with Crippen LogP contribution in [0.15, 0.2) is 11.1 Å². The average Bonchev–Trinajstić information content (AvgIpc) is 2.22. The van der Waals surface area contributed by atoms with Gasteiger partial charge in [-0.15, -0.1) is 0 Å². The van der Waals surface area contributed by atoms with Crippen LogP contribution in [-0.2, 0) is 0 Å². The minimum Gasteiger partial charge on any atom is -0.329 e. The summed E-state index contributed by atoms with van der Waals surface area (Å²) >= 11 is 0. The van der Waals surface area contributed by atoms with Gasteiger partial charge in [0.15, 0.2) is 11.3 Å². The molecule has 0 saturated carbocycles. The second-order valence-corrected chi connectivity index (χ2v) is 1.71. The highest BCUT2D eigenvalue weighted by molar-refractivity contribution is 5.63. The Hall–Kier alpha value is -1.52. The maximum Gasteiger partial charge on any atom is 0.326 e. The fourth-order valence-corrected chi connectivity index (χ4v) is 0.737. The number of fused-ring (bicyclic) bond motifs is 1. The minimum atomic E-state index is -0.232. The van der Waals surface area contributed by atoms with Gasteiger partial charge >= 0.3 is 5.69 Å². The molecule has 0 saturated heterocycles. The number of aromatic amines is 3. The highest BCUT2D eigenvalue weighted by Gasteiger charge is 1.95. The second-order valence-electron chi connectivity index (χ2n) is 1.71. The molecule has 0 aliphatic rings. The molecule has 2 rings (SSSR count).